The highest BCUT2D eigenvalue weighted by molar-refractivity contribution is 5.38. The predicted molar refractivity (Wildman–Crippen MR) is 185 cm³/mol. The number of hydrogen-bond acceptors (Lipinski definition) is 5. The fraction of sp³-hybridized carbons (Fsp3) is 0.525. The zero-order valence-electron chi connectivity index (χ0n) is 28.9. The van der Waals surface area contributed by atoms with E-state index in [4.69, 9.17) is 4.74 Å². The Hall–Kier alpha value is -2.76. The molecule has 0 aromatic heterocycles. The molecule has 1 aliphatic heterocycles. The van der Waals surface area contributed by atoms with Crippen LogP contribution in [0.5, 0.6) is 0 Å². The Kier molecular flexibility index (Phi) is 11.7. The van der Waals surface area contributed by atoms with Crippen molar-refractivity contribution in [2.45, 2.75) is 117 Å². The molecule has 0 aromatic rings. The highest BCUT2D eigenvalue weighted by Gasteiger charge is 2.74. The van der Waals surface area contributed by atoms with Gasteiger partial charge in [-0.15, -0.1) is 5.73 Å². The molecule has 0 spiro atoms. The van der Waals surface area contributed by atoms with Crippen LogP contribution in [0.15, 0.2) is 113 Å². The topological polar surface area (TPSA) is 93.5 Å². The summed E-state index contributed by atoms with van der Waals surface area (Å²) in [5.74, 6) is 0. The summed E-state index contributed by atoms with van der Waals surface area (Å²) in [4.78, 5) is 0. The van der Waals surface area contributed by atoms with Crippen molar-refractivity contribution >= 4 is 0 Å². The summed E-state index contributed by atoms with van der Waals surface area (Å²) in [5, 5.41) is 41.1. The molecule has 1 saturated heterocycles. The number of aliphatic hydroxyl groups excluding tert-OH is 3. The first-order valence-electron chi connectivity index (χ1n) is 16.2. The largest absolute Gasteiger partial charge is 0.393 e. The summed E-state index contributed by atoms with van der Waals surface area (Å²) in [5.41, 5.74) is 5.84. The van der Waals surface area contributed by atoms with Crippen LogP contribution in [0.1, 0.15) is 88.0 Å². The van der Waals surface area contributed by atoms with E-state index < -0.39 is 17.3 Å². The van der Waals surface area contributed by atoms with E-state index in [1.54, 1.807) is 6.92 Å². The van der Waals surface area contributed by atoms with Crippen LogP contribution in [0.2, 0.25) is 0 Å². The van der Waals surface area contributed by atoms with Crippen LogP contribution in [-0.4, -0.2) is 56.0 Å². The van der Waals surface area contributed by atoms with Gasteiger partial charge in [0.2, 0.25) is 0 Å². The highest BCUT2D eigenvalue weighted by atomic mass is 16.6. The number of fused-ring (bicyclic) bond motifs is 1. The summed E-state index contributed by atoms with van der Waals surface area (Å²) in [7, 11) is 0. The normalized spacial score (nSPS) is 34.2. The third kappa shape index (κ3) is 9.16. The minimum absolute atomic E-state index is 0.0645. The van der Waals surface area contributed by atoms with Gasteiger partial charge in [0.05, 0.1) is 24.4 Å². The lowest BCUT2D eigenvalue weighted by Gasteiger charge is -2.43. The molecular weight excluding hydrogens is 560 g/mol. The Labute approximate surface area is 271 Å². The van der Waals surface area contributed by atoms with Crippen molar-refractivity contribution in [3.8, 4) is 0 Å². The summed E-state index contributed by atoms with van der Waals surface area (Å²) in [6.07, 6.45) is 27.4. The monoisotopic (exact) mass is 616 g/mol. The molecule has 45 heavy (non-hydrogen) atoms. The van der Waals surface area contributed by atoms with E-state index in [-0.39, 0.29) is 29.1 Å². The van der Waals surface area contributed by atoms with Crippen LogP contribution < -0.4 is 0 Å². The number of aliphatic hydroxyl groups is 4. The van der Waals surface area contributed by atoms with Crippen LogP contribution in [-0.2, 0) is 4.74 Å². The molecule has 5 heteroatoms. The second-order valence-electron chi connectivity index (χ2n) is 15.0. The number of rotatable bonds is 10. The Morgan fingerprint density at radius 3 is 1.87 bits per heavy atom. The zero-order valence-corrected chi connectivity index (χ0v) is 28.9. The molecule has 2 saturated carbocycles. The lowest BCUT2D eigenvalue weighted by Crippen LogP contribution is -2.46. The molecule has 246 valence electrons. The summed E-state index contributed by atoms with van der Waals surface area (Å²) in [6, 6.07) is 0. The van der Waals surface area contributed by atoms with Gasteiger partial charge in [-0.1, -0.05) is 106 Å². The maximum absolute atomic E-state index is 10.9. The van der Waals surface area contributed by atoms with E-state index in [0.29, 0.717) is 25.7 Å². The van der Waals surface area contributed by atoms with E-state index in [9.17, 15) is 20.4 Å². The lowest BCUT2D eigenvalue weighted by atomic mass is 9.63. The lowest BCUT2D eigenvalue weighted by molar-refractivity contribution is -0.0268. The first kappa shape index (κ1) is 36.7. The van der Waals surface area contributed by atoms with E-state index in [0.717, 1.165) is 27.9 Å². The number of hydrogen-bond donors (Lipinski definition) is 4. The predicted octanol–water partition coefficient (Wildman–Crippen LogP) is 7.69. The van der Waals surface area contributed by atoms with Crippen molar-refractivity contribution in [2.75, 3.05) is 6.61 Å². The van der Waals surface area contributed by atoms with Crippen molar-refractivity contribution in [1.29, 1.82) is 0 Å². The average Bonchev–Trinajstić information content (AvgIpc) is 3.52. The van der Waals surface area contributed by atoms with Crippen molar-refractivity contribution < 1.29 is 25.2 Å². The van der Waals surface area contributed by atoms with E-state index in [1.165, 1.54) is 0 Å². The Balaban J connectivity index is 1.56. The van der Waals surface area contributed by atoms with Crippen LogP contribution in [0, 0.1) is 10.8 Å². The molecule has 1 heterocycles. The standard InChI is InChI=1S/C40H56O5/c1-29(16-12-17-31(3)20-21-35-36(4,5)24-33(42)26-38(35,8)44)14-10-11-15-30(2)18-13-19-32(28-41)22-23-40-37(6,7)25-34(43)27-39(40,9)45-40/h10-20,22-23,33-34,41-44H,24-28H2,1-9H3/b11-10+,16-12+,18-13+,23-22+,29-14+,30-15+,31-17+,32-19+/t21?,33-,34-,38+,39+,40-/m0/s1. The van der Waals surface area contributed by atoms with Crippen molar-refractivity contribution in [1.82, 2.24) is 0 Å². The molecule has 0 unspecified atom stereocenters. The molecule has 0 radical (unpaired) electrons. The molecule has 0 aromatic carbocycles. The van der Waals surface area contributed by atoms with Gasteiger partial charge in [-0.2, -0.15) is 0 Å². The van der Waals surface area contributed by atoms with Gasteiger partial charge in [0, 0.05) is 23.8 Å². The summed E-state index contributed by atoms with van der Waals surface area (Å²) >= 11 is 0. The first-order valence-corrected chi connectivity index (χ1v) is 16.2. The molecule has 4 N–H and O–H groups in total. The molecule has 0 bridgehead atoms. The van der Waals surface area contributed by atoms with Gasteiger partial charge in [0.15, 0.2) is 0 Å². The third-order valence-corrected chi connectivity index (χ3v) is 9.48. The zero-order chi connectivity index (χ0) is 33.7. The van der Waals surface area contributed by atoms with Crippen LogP contribution in [0.3, 0.4) is 0 Å². The van der Waals surface area contributed by atoms with Crippen LogP contribution >= 0.6 is 0 Å². The average molecular weight is 617 g/mol. The first-order chi connectivity index (χ1) is 20.9. The van der Waals surface area contributed by atoms with Crippen molar-refractivity contribution in [3.05, 3.63) is 113 Å². The fourth-order valence-corrected chi connectivity index (χ4v) is 7.30. The van der Waals surface area contributed by atoms with Gasteiger partial charge in [-0.25, -0.2) is 0 Å². The highest BCUT2D eigenvalue weighted by Crippen LogP contribution is 2.66. The van der Waals surface area contributed by atoms with Gasteiger partial charge < -0.3 is 25.2 Å². The van der Waals surface area contributed by atoms with Gasteiger partial charge in [0.25, 0.3) is 0 Å². The molecule has 3 rings (SSSR count). The van der Waals surface area contributed by atoms with Crippen molar-refractivity contribution in [3.63, 3.8) is 0 Å². The van der Waals surface area contributed by atoms with E-state index in [1.807, 2.05) is 108 Å². The fourth-order valence-electron chi connectivity index (χ4n) is 7.30. The molecule has 0 amide bonds. The number of epoxide rings is 1. The molecule has 3 fully saturated rings. The molecule has 2 aliphatic carbocycles. The van der Waals surface area contributed by atoms with Gasteiger partial charge in [0.1, 0.15) is 11.2 Å². The third-order valence-electron chi connectivity index (χ3n) is 9.48. The smallest absolute Gasteiger partial charge is 0.121 e. The Bertz CT molecular complexity index is 1380. The minimum atomic E-state index is -1.06. The summed E-state index contributed by atoms with van der Waals surface area (Å²) in [6.45, 7) is 18.2. The Morgan fingerprint density at radius 1 is 0.756 bits per heavy atom. The van der Waals surface area contributed by atoms with Gasteiger partial charge in [-0.3, -0.25) is 0 Å². The molecule has 5 atom stereocenters. The van der Waals surface area contributed by atoms with E-state index in [2.05, 4.69) is 32.6 Å². The van der Waals surface area contributed by atoms with Crippen LogP contribution in [0.4, 0.5) is 0 Å². The number of ether oxygens (including phenoxy) is 1. The number of allylic oxidation sites excluding steroid dienone is 13. The van der Waals surface area contributed by atoms with Crippen LogP contribution in [0.25, 0.3) is 0 Å². The van der Waals surface area contributed by atoms with Crippen molar-refractivity contribution in [2.24, 2.45) is 10.8 Å². The van der Waals surface area contributed by atoms with Gasteiger partial charge >= 0.3 is 0 Å². The quantitative estimate of drug-likeness (QED) is 0.115. The summed E-state index contributed by atoms with van der Waals surface area (Å²) < 4.78 is 6.20. The maximum Gasteiger partial charge on any atom is 0.121 e. The minimum Gasteiger partial charge on any atom is -0.393 e. The molecule has 5 nitrogen and oxygen atoms in total. The molecule has 3 aliphatic rings. The maximum atomic E-state index is 10.9. The SMILES string of the molecule is C\C(C=C=C1C(C)(C)C[C@H](O)C[C@@]1(C)O)=C/C=C/C(C)=C/C=C/C=C(C)/C=C/C=C(\C=C\[C@@]12O[C@]1(C)C[C@@H](O)CC2(C)C)CO. The Morgan fingerprint density at radius 2 is 1.31 bits per heavy atom. The van der Waals surface area contributed by atoms with Gasteiger partial charge in [-0.05, 0) is 76.2 Å². The molecular formula is C40H56O5. The second kappa shape index (κ2) is 14.3. The van der Waals surface area contributed by atoms with E-state index >= 15 is 0 Å². The second-order valence-corrected chi connectivity index (χ2v) is 15.0.